The second kappa shape index (κ2) is 12.7. The number of aryl methyl sites for hydroxylation is 3. The molecular formula is C34H34ClF3N4O5S. The number of rotatable bonds is 8. The second-order valence-corrected chi connectivity index (χ2v) is 14.2. The van der Waals surface area contributed by atoms with Crippen LogP contribution in [-0.2, 0) is 24.1 Å². The number of piperidine rings is 2. The van der Waals surface area contributed by atoms with E-state index < -0.39 is 18.4 Å². The van der Waals surface area contributed by atoms with Gasteiger partial charge in [0.1, 0.15) is 18.2 Å². The Morgan fingerprint density at radius 1 is 1.12 bits per heavy atom. The molecule has 1 aromatic carbocycles. The SMILES string of the molecule is Cc1cc(-c2cc(Cl)ccc2OCCn2c(C)nc3c(c2=O)C[C@@H](N2C[C@H]4CC[C@@H]2CC4OC(F)(F)F)CC3)c2scc(C(=O)O)c2n1. The molecule has 9 nitrogen and oxygen atoms in total. The van der Waals surface area contributed by atoms with Crippen molar-refractivity contribution in [3.8, 4) is 16.9 Å². The number of benzene rings is 1. The Balaban J connectivity index is 1.09. The van der Waals surface area contributed by atoms with Crippen LogP contribution >= 0.6 is 22.9 Å². The Bertz CT molecular complexity index is 1960. The smallest absolute Gasteiger partial charge is 0.491 e. The van der Waals surface area contributed by atoms with Crippen LogP contribution in [0.5, 0.6) is 5.75 Å². The van der Waals surface area contributed by atoms with Gasteiger partial charge in [-0.3, -0.25) is 24.0 Å². The molecule has 254 valence electrons. The van der Waals surface area contributed by atoms with Crippen LogP contribution in [0.25, 0.3) is 21.3 Å². The Morgan fingerprint density at radius 2 is 1.94 bits per heavy atom. The van der Waals surface area contributed by atoms with E-state index in [9.17, 15) is 27.9 Å². The third-order valence-electron chi connectivity index (χ3n) is 9.95. The minimum absolute atomic E-state index is 0.00631. The van der Waals surface area contributed by atoms with E-state index in [1.807, 2.05) is 6.07 Å². The molecule has 4 aliphatic rings. The van der Waals surface area contributed by atoms with Crippen LogP contribution in [0.15, 0.2) is 34.4 Å². The Hall–Kier alpha value is -3.52. The highest BCUT2D eigenvalue weighted by Gasteiger charge is 2.47. The number of alkyl halides is 3. The monoisotopic (exact) mass is 702 g/mol. The molecule has 4 aromatic rings. The summed E-state index contributed by atoms with van der Waals surface area (Å²) in [6, 6.07) is 7.19. The molecule has 0 amide bonds. The zero-order valence-electron chi connectivity index (χ0n) is 26.3. The highest BCUT2D eigenvalue weighted by Crippen LogP contribution is 2.42. The molecule has 48 heavy (non-hydrogen) atoms. The molecule has 14 heteroatoms. The molecule has 3 fully saturated rings. The van der Waals surface area contributed by atoms with E-state index in [1.165, 1.54) is 11.3 Å². The molecule has 1 N–H and O–H groups in total. The van der Waals surface area contributed by atoms with Gasteiger partial charge in [-0.2, -0.15) is 0 Å². The summed E-state index contributed by atoms with van der Waals surface area (Å²) in [4.78, 5) is 37.3. The van der Waals surface area contributed by atoms with Crippen LogP contribution in [0, 0.1) is 19.8 Å². The summed E-state index contributed by atoms with van der Waals surface area (Å²) in [7, 11) is 0. The molecule has 4 atom stereocenters. The summed E-state index contributed by atoms with van der Waals surface area (Å²) < 4.78 is 52.0. The molecule has 0 spiro atoms. The number of halogens is 4. The molecule has 1 unspecified atom stereocenters. The number of hydrogen-bond donors (Lipinski definition) is 1. The quantitative estimate of drug-likeness (QED) is 0.213. The maximum atomic E-state index is 13.9. The fourth-order valence-electron chi connectivity index (χ4n) is 7.79. The van der Waals surface area contributed by atoms with Crippen molar-refractivity contribution in [3.05, 3.63) is 73.4 Å². The summed E-state index contributed by atoms with van der Waals surface area (Å²) in [5.74, 6) is -0.105. The van der Waals surface area contributed by atoms with Gasteiger partial charge in [-0.05, 0) is 82.6 Å². The zero-order chi connectivity index (χ0) is 33.9. The van der Waals surface area contributed by atoms with Crippen LogP contribution in [0.2, 0.25) is 5.02 Å². The number of nitrogens with zero attached hydrogens (tertiary/aromatic N) is 4. The largest absolute Gasteiger partial charge is 0.522 e. The standard InChI is InChI=1S/C34H34ClF3N4O5S/c1-17-11-24(31-30(39-17)26(16-48-31)33(44)45)23-12-20(35)4-8-28(23)46-10-9-41-18(2)40-27-7-6-21(13-25(27)32(41)43)42-15-19-3-5-22(42)14-29(19)47-34(36,37)38/h4,8,11-12,16,19,21-22,29H,3,5-7,9-10,13-15H2,1-2H3,(H,44,45)/t19-,21+,22-,29?/m1/s1. The lowest BCUT2D eigenvalue weighted by atomic mass is 9.75. The average molecular weight is 703 g/mol. The van der Waals surface area contributed by atoms with Gasteiger partial charge in [0.25, 0.3) is 5.56 Å². The second-order valence-electron chi connectivity index (χ2n) is 12.9. The summed E-state index contributed by atoms with van der Waals surface area (Å²) in [5, 5.41) is 11.7. The van der Waals surface area contributed by atoms with E-state index in [0.717, 1.165) is 30.5 Å². The molecule has 3 aromatic heterocycles. The number of fused-ring (bicyclic) bond motifs is 5. The first-order valence-corrected chi connectivity index (χ1v) is 17.3. The number of ether oxygens (including phenoxy) is 2. The lowest BCUT2D eigenvalue weighted by molar-refractivity contribution is -0.356. The first-order chi connectivity index (χ1) is 22.9. The van der Waals surface area contributed by atoms with Crippen molar-refractivity contribution < 1.29 is 32.5 Å². The topological polar surface area (TPSA) is 107 Å². The van der Waals surface area contributed by atoms with E-state index in [0.29, 0.717) is 69.4 Å². The van der Waals surface area contributed by atoms with Gasteiger partial charge < -0.3 is 9.84 Å². The van der Waals surface area contributed by atoms with E-state index in [-0.39, 0.29) is 42.3 Å². The van der Waals surface area contributed by atoms with Crippen LogP contribution in [0.4, 0.5) is 13.2 Å². The normalized spacial score (nSPS) is 22.6. The third-order valence-corrected chi connectivity index (χ3v) is 11.2. The zero-order valence-corrected chi connectivity index (χ0v) is 27.9. The predicted octanol–water partition coefficient (Wildman–Crippen LogP) is 6.81. The van der Waals surface area contributed by atoms with Gasteiger partial charge in [0, 0.05) is 51.4 Å². The van der Waals surface area contributed by atoms with Crippen molar-refractivity contribution >= 4 is 39.1 Å². The number of aromatic nitrogens is 3. The Labute approximate surface area is 283 Å². The van der Waals surface area contributed by atoms with Crippen LogP contribution in [-0.4, -0.2) is 68.2 Å². The summed E-state index contributed by atoms with van der Waals surface area (Å²) in [5.41, 5.74) is 3.96. The molecule has 2 bridgehead atoms. The fourth-order valence-corrected chi connectivity index (χ4v) is 8.98. The molecule has 2 saturated heterocycles. The van der Waals surface area contributed by atoms with Crippen LogP contribution in [0.1, 0.15) is 58.8 Å². The van der Waals surface area contributed by atoms with Crippen molar-refractivity contribution in [2.75, 3.05) is 13.2 Å². The average Bonchev–Trinajstić information content (AvgIpc) is 3.46. The maximum absolute atomic E-state index is 13.9. The number of carboxylic acid groups (broad SMARTS) is 1. The Kier molecular flexibility index (Phi) is 8.76. The van der Waals surface area contributed by atoms with Gasteiger partial charge in [-0.1, -0.05) is 11.6 Å². The summed E-state index contributed by atoms with van der Waals surface area (Å²) in [6.45, 7) is 4.56. The van der Waals surface area contributed by atoms with E-state index in [1.54, 1.807) is 42.0 Å². The van der Waals surface area contributed by atoms with Crippen LogP contribution < -0.4 is 10.3 Å². The molecule has 2 aliphatic heterocycles. The summed E-state index contributed by atoms with van der Waals surface area (Å²) in [6.07, 6.45) is -1.58. The summed E-state index contributed by atoms with van der Waals surface area (Å²) >= 11 is 7.69. The molecule has 1 saturated carbocycles. The first-order valence-electron chi connectivity index (χ1n) is 16.0. The van der Waals surface area contributed by atoms with E-state index in [4.69, 9.17) is 21.3 Å². The van der Waals surface area contributed by atoms with Crippen molar-refractivity contribution in [2.24, 2.45) is 5.92 Å². The van der Waals surface area contributed by atoms with Gasteiger partial charge in [0.15, 0.2) is 0 Å². The van der Waals surface area contributed by atoms with Crippen molar-refractivity contribution in [2.45, 2.75) is 83.5 Å². The number of carbonyl (C=O) groups is 1. The van der Waals surface area contributed by atoms with Crippen molar-refractivity contribution in [3.63, 3.8) is 0 Å². The van der Waals surface area contributed by atoms with Gasteiger partial charge >= 0.3 is 12.3 Å². The maximum Gasteiger partial charge on any atom is 0.522 e. The van der Waals surface area contributed by atoms with Crippen molar-refractivity contribution in [1.82, 2.24) is 19.4 Å². The number of pyridine rings is 1. The number of carboxylic acids is 1. The molecular weight excluding hydrogens is 669 g/mol. The highest BCUT2D eigenvalue weighted by molar-refractivity contribution is 7.18. The first kappa shape index (κ1) is 33.0. The lowest BCUT2D eigenvalue weighted by Gasteiger charge is -2.52. The number of aromatic carboxylic acids is 1. The minimum Gasteiger partial charge on any atom is -0.491 e. The minimum atomic E-state index is -4.63. The fraction of sp³-hybridized carbons (Fsp3) is 0.471. The van der Waals surface area contributed by atoms with Crippen LogP contribution in [0.3, 0.4) is 0 Å². The predicted molar refractivity (Wildman–Crippen MR) is 175 cm³/mol. The van der Waals surface area contributed by atoms with Crippen molar-refractivity contribution in [1.29, 1.82) is 0 Å². The Morgan fingerprint density at radius 3 is 2.67 bits per heavy atom. The molecule has 0 radical (unpaired) electrons. The molecule has 5 heterocycles. The lowest BCUT2D eigenvalue weighted by Crippen LogP contribution is -2.59. The van der Waals surface area contributed by atoms with Gasteiger partial charge in [-0.15, -0.1) is 24.5 Å². The molecule has 8 rings (SSSR count). The number of thiophene rings is 1. The highest BCUT2D eigenvalue weighted by atomic mass is 35.5. The van der Waals surface area contributed by atoms with E-state index in [2.05, 4.69) is 14.6 Å². The van der Waals surface area contributed by atoms with Gasteiger partial charge in [0.05, 0.1) is 34.1 Å². The third kappa shape index (κ3) is 6.33. The van der Waals surface area contributed by atoms with Gasteiger partial charge in [-0.25, -0.2) is 9.78 Å². The number of hydrogen-bond acceptors (Lipinski definition) is 8. The van der Waals surface area contributed by atoms with E-state index >= 15 is 0 Å². The molecule has 2 aliphatic carbocycles. The van der Waals surface area contributed by atoms with Gasteiger partial charge in [0.2, 0.25) is 0 Å².